The number of hydrogen-bond donors (Lipinski definition) is 1. The molecule has 0 saturated carbocycles. The van der Waals surface area contributed by atoms with Crippen LogP contribution in [-0.4, -0.2) is 50.3 Å². The minimum atomic E-state index is -2.05. The van der Waals surface area contributed by atoms with E-state index in [9.17, 15) is 14.7 Å². The summed E-state index contributed by atoms with van der Waals surface area (Å²) in [6.45, 7) is 22.0. The maximum Gasteiger partial charge on any atom is 0.347 e. The summed E-state index contributed by atoms with van der Waals surface area (Å²) in [5, 5.41) is 11.0. The van der Waals surface area contributed by atoms with Crippen LogP contribution in [0.1, 0.15) is 80.6 Å². The van der Waals surface area contributed by atoms with Crippen LogP contribution >= 0.6 is 0 Å². The summed E-state index contributed by atoms with van der Waals surface area (Å²) in [6, 6.07) is 0. The van der Waals surface area contributed by atoms with Crippen LogP contribution in [0, 0.1) is 24.2 Å². The predicted molar refractivity (Wildman–Crippen MR) is 149 cm³/mol. The average molecular weight is 523 g/mol. The lowest BCUT2D eigenvalue weighted by atomic mass is 9.92. The van der Waals surface area contributed by atoms with E-state index in [1.807, 2.05) is 20.8 Å². The lowest BCUT2D eigenvalue weighted by Crippen LogP contribution is -2.47. The molecule has 0 aliphatic rings. The second-order valence-corrected chi connectivity index (χ2v) is 16.3. The summed E-state index contributed by atoms with van der Waals surface area (Å²) in [5.41, 5.74) is 0.334. The van der Waals surface area contributed by atoms with E-state index in [2.05, 4.69) is 46.4 Å². The number of esters is 2. The highest BCUT2D eigenvalue weighted by atomic mass is 28.4. The highest BCUT2D eigenvalue weighted by molar-refractivity contribution is 6.74. The Labute approximate surface area is 221 Å². The lowest BCUT2D eigenvalue weighted by Gasteiger charge is -2.41. The first-order chi connectivity index (χ1) is 16.6. The Morgan fingerprint density at radius 3 is 2.31 bits per heavy atom. The van der Waals surface area contributed by atoms with Gasteiger partial charge in [0.2, 0.25) is 0 Å². The monoisotopic (exact) mass is 522 g/mol. The third kappa shape index (κ3) is 12.4. The highest BCUT2D eigenvalue weighted by Gasteiger charge is 2.40. The topological polar surface area (TPSA) is 82.1 Å². The van der Waals surface area contributed by atoms with Crippen molar-refractivity contribution in [3.63, 3.8) is 0 Å². The van der Waals surface area contributed by atoms with E-state index in [1.165, 1.54) is 6.08 Å². The van der Waals surface area contributed by atoms with E-state index < -0.39 is 32.5 Å². The highest BCUT2D eigenvalue weighted by Crippen LogP contribution is 2.39. The van der Waals surface area contributed by atoms with Gasteiger partial charge in [-0.05, 0) is 56.7 Å². The fourth-order valence-electron chi connectivity index (χ4n) is 3.31. The lowest BCUT2D eigenvalue weighted by molar-refractivity contribution is -0.165. The molecule has 4 atom stereocenters. The molecule has 0 unspecified atom stereocenters. The number of carbonyl (C=O) groups excluding carboxylic acids is 2. The molecular weight excluding hydrogens is 472 g/mol. The van der Waals surface area contributed by atoms with Crippen LogP contribution in [0.2, 0.25) is 18.1 Å². The molecule has 1 N–H and O–H groups in total. The Balaban J connectivity index is 5.37. The van der Waals surface area contributed by atoms with Gasteiger partial charge in [0.15, 0.2) is 14.4 Å². The summed E-state index contributed by atoms with van der Waals surface area (Å²) >= 11 is 0. The molecule has 0 aromatic rings. The van der Waals surface area contributed by atoms with Crippen molar-refractivity contribution < 1.29 is 28.6 Å². The maximum absolute atomic E-state index is 12.7. The van der Waals surface area contributed by atoms with Crippen molar-refractivity contribution in [1.82, 2.24) is 0 Å². The van der Waals surface area contributed by atoms with Crippen LogP contribution in [0.25, 0.3) is 0 Å². The van der Waals surface area contributed by atoms with Gasteiger partial charge in [-0.3, -0.25) is 0 Å². The van der Waals surface area contributed by atoms with Gasteiger partial charge in [0, 0.05) is 17.9 Å². The summed E-state index contributed by atoms with van der Waals surface area (Å²) in [7, 11) is -2.05. The Hall–Kier alpha value is -1.88. The zero-order valence-electron chi connectivity index (χ0n) is 24.1. The molecule has 6 nitrogen and oxygen atoms in total. The Bertz CT molecular complexity index is 772. The van der Waals surface area contributed by atoms with E-state index in [0.717, 1.165) is 12.8 Å². The zero-order chi connectivity index (χ0) is 28.1. The largest absolute Gasteiger partial charge is 0.459 e. The molecule has 0 fully saturated rings. The second kappa shape index (κ2) is 16.1. The zero-order valence-corrected chi connectivity index (χ0v) is 25.1. The van der Waals surface area contributed by atoms with Crippen molar-refractivity contribution in [3.8, 4) is 12.3 Å². The number of terminal acetylenes is 1. The van der Waals surface area contributed by atoms with Crippen LogP contribution < -0.4 is 0 Å². The first kappa shape index (κ1) is 34.1. The fraction of sp³-hybridized carbons (Fsp3) is 0.724. The minimum Gasteiger partial charge on any atom is -0.459 e. The first-order valence-electron chi connectivity index (χ1n) is 13.0. The first-order valence-corrected chi connectivity index (χ1v) is 15.9. The molecular formula is C29H50O6Si. The number of carbonyl (C=O) groups is 2. The van der Waals surface area contributed by atoms with Crippen molar-refractivity contribution in [2.24, 2.45) is 11.8 Å². The molecule has 36 heavy (non-hydrogen) atoms. The standard InChI is InChI=1S/C29H50O6Si/c1-12-14-15-16-25(35-36(10,11)29(7,8)9)23(6)24(30)18-17-22(5)27(31)34-26(20-21(3)4)28(32)33-19-13-2/h1,13,17,21,23-26,30H,2,14-16,18-20H2,3-11H3/b22-17+/t23-,24+,25+,26+/m0/s1. The molecule has 0 rings (SSSR count). The quantitative estimate of drug-likeness (QED) is 0.0649. The van der Waals surface area contributed by atoms with Gasteiger partial charge >= 0.3 is 11.9 Å². The predicted octanol–water partition coefficient (Wildman–Crippen LogP) is 6.20. The van der Waals surface area contributed by atoms with Gasteiger partial charge in [0.05, 0.1) is 12.2 Å². The molecule has 0 aromatic carbocycles. The molecule has 0 aromatic heterocycles. The van der Waals surface area contributed by atoms with Crippen LogP contribution in [0.15, 0.2) is 24.3 Å². The molecule has 0 spiro atoms. The number of aliphatic hydroxyl groups excluding tert-OH is 1. The van der Waals surface area contributed by atoms with Crippen LogP contribution in [0.3, 0.4) is 0 Å². The molecule has 0 heterocycles. The summed E-state index contributed by atoms with van der Waals surface area (Å²) in [6.07, 6.45) is 9.63. The van der Waals surface area contributed by atoms with Gasteiger partial charge in [-0.2, -0.15) is 0 Å². The van der Waals surface area contributed by atoms with Crippen molar-refractivity contribution >= 4 is 20.3 Å². The number of ether oxygens (including phenoxy) is 2. The van der Waals surface area contributed by atoms with Gasteiger partial charge in [-0.1, -0.05) is 60.3 Å². The van der Waals surface area contributed by atoms with Gasteiger partial charge in [0.25, 0.3) is 0 Å². The van der Waals surface area contributed by atoms with E-state index >= 15 is 0 Å². The van der Waals surface area contributed by atoms with Crippen molar-refractivity contribution in [3.05, 3.63) is 24.3 Å². The van der Waals surface area contributed by atoms with Crippen molar-refractivity contribution in [2.75, 3.05) is 6.61 Å². The SMILES string of the molecule is C#CCCC[C@@H](O[Si](C)(C)C(C)(C)C)[C@@H](C)[C@H](O)C/C=C(\C)C(=O)O[C@H](CC(C)C)C(=O)OCC=C. The smallest absolute Gasteiger partial charge is 0.347 e. The van der Waals surface area contributed by atoms with Crippen molar-refractivity contribution in [1.29, 1.82) is 0 Å². The number of unbranched alkanes of at least 4 members (excludes halogenated alkanes) is 1. The minimum absolute atomic E-state index is 0.0433. The third-order valence-electron chi connectivity index (χ3n) is 6.78. The molecule has 0 radical (unpaired) electrons. The molecule has 0 amide bonds. The Kier molecular flexibility index (Phi) is 15.2. The molecule has 0 aliphatic carbocycles. The van der Waals surface area contributed by atoms with Crippen LogP contribution in [0.4, 0.5) is 0 Å². The number of aliphatic hydroxyl groups is 1. The Morgan fingerprint density at radius 2 is 1.81 bits per heavy atom. The fourth-order valence-corrected chi connectivity index (χ4v) is 4.75. The molecule has 206 valence electrons. The third-order valence-corrected chi connectivity index (χ3v) is 11.3. The van der Waals surface area contributed by atoms with E-state index in [1.54, 1.807) is 13.0 Å². The van der Waals surface area contributed by atoms with Gasteiger partial charge in [0.1, 0.15) is 6.61 Å². The average Bonchev–Trinajstić information content (AvgIpc) is 2.77. The second-order valence-electron chi connectivity index (χ2n) is 11.5. The number of rotatable bonds is 16. The maximum atomic E-state index is 12.7. The molecule has 0 bridgehead atoms. The van der Waals surface area contributed by atoms with Gasteiger partial charge in [-0.15, -0.1) is 12.3 Å². The summed E-state index contributed by atoms with van der Waals surface area (Å²) < 4.78 is 17.2. The van der Waals surface area contributed by atoms with E-state index in [4.69, 9.17) is 20.3 Å². The van der Waals surface area contributed by atoms with Crippen molar-refractivity contribution in [2.45, 2.75) is 117 Å². The Morgan fingerprint density at radius 1 is 1.19 bits per heavy atom. The molecule has 7 heteroatoms. The van der Waals surface area contributed by atoms with Gasteiger partial charge in [-0.25, -0.2) is 9.59 Å². The van der Waals surface area contributed by atoms with Gasteiger partial charge < -0.3 is 19.0 Å². The summed E-state index contributed by atoms with van der Waals surface area (Å²) in [5.74, 6) is 1.48. The normalized spacial score (nSPS) is 16.0. The van der Waals surface area contributed by atoms with E-state index in [-0.39, 0.29) is 36.0 Å². The van der Waals surface area contributed by atoms with Crippen LogP contribution in [0.5, 0.6) is 0 Å². The molecule has 0 saturated heterocycles. The summed E-state index contributed by atoms with van der Waals surface area (Å²) in [4.78, 5) is 25.0. The van der Waals surface area contributed by atoms with E-state index in [0.29, 0.717) is 18.4 Å². The number of hydrogen-bond acceptors (Lipinski definition) is 6. The molecule has 0 aliphatic heterocycles. The van der Waals surface area contributed by atoms with Crippen LogP contribution in [-0.2, 0) is 23.5 Å².